The summed E-state index contributed by atoms with van der Waals surface area (Å²) in [6, 6.07) is 8.23. The van der Waals surface area contributed by atoms with E-state index in [-0.39, 0.29) is 30.7 Å². The fraction of sp³-hybridized carbons (Fsp3) is 0.550. The Bertz CT molecular complexity index is 651. The van der Waals surface area contributed by atoms with Crippen LogP contribution in [0, 0.1) is 11.8 Å². The molecule has 1 amide bonds. The molecule has 3 nitrogen and oxygen atoms in total. The first-order chi connectivity index (χ1) is 12.4. The Morgan fingerprint density at radius 2 is 1.92 bits per heavy atom. The summed E-state index contributed by atoms with van der Waals surface area (Å²) in [6.07, 6.45) is -0.443. The fourth-order valence-electron chi connectivity index (χ4n) is 4.23. The molecule has 1 atom stereocenters. The quantitative estimate of drug-likeness (QED) is 0.814. The first kappa shape index (κ1) is 18.8. The number of anilines is 1. The van der Waals surface area contributed by atoms with Gasteiger partial charge >= 0.3 is 6.18 Å². The van der Waals surface area contributed by atoms with Crippen molar-refractivity contribution in [1.82, 2.24) is 5.32 Å². The van der Waals surface area contributed by atoms with Crippen molar-refractivity contribution in [2.45, 2.75) is 44.3 Å². The van der Waals surface area contributed by atoms with E-state index < -0.39 is 12.1 Å². The monoisotopic (exact) mass is 366 g/mol. The Hall–Kier alpha value is -1.98. The van der Waals surface area contributed by atoms with E-state index in [1.165, 1.54) is 11.6 Å². The van der Waals surface area contributed by atoms with E-state index in [0.717, 1.165) is 18.7 Å². The number of halogens is 3. The number of alkyl halides is 3. The lowest BCUT2D eigenvalue weighted by molar-refractivity contribution is -0.182. The molecule has 1 aromatic carbocycles. The molecule has 0 radical (unpaired) electrons. The molecule has 3 rings (SSSR count). The van der Waals surface area contributed by atoms with Gasteiger partial charge in [-0.05, 0) is 55.7 Å². The summed E-state index contributed by atoms with van der Waals surface area (Å²) in [5.41, 5.74) is 2.34. The van der Waals surface area contributed by atoms with Gasteiger partial charge < -0.3 is 10.2 Å². The Labute approximate surface area is 152 Å². The maximum Gasteiger partial charge on any atom is 0.391 e. The first-order valence-electron chi connectivity index (χ1n) is 9.20. The third kappa shape index (κ3) is 4.22. The molecule has 1 heterocycles. The smallest absolute Gasteiger partial charge is 0.368 e. The molecule has 2 aliphatic rings. The Kier molecular flexibility index (Phi) is 5.58. The second-order valence-corrected chi connectivity index (χ2v) is 7.35. The standard InChI is InChI=1S/C20H25F3N2O/c1-2-19(26)24-12-14-11-15-5-3-4-6-18(15)25(13-14)17-9-7-16(8-10-17)20(21,22)23/h2-6,14,16-17H,1,7-13H2,(H,24,26)/t14?,16-,17+. The zero-order valence-corrected chi connectivity index (χ0v) is 14.8. The van der Waals surface area contributed by atoms with Crippen molar-refractivity contribution in [2.24, 2.45) is 11.8 Å². The number of hydrogen-bond donors (Lipinski definition) is 1. The van der Waals surface area contributed by atoms with Gasteiger partial charge in [-0.1, -0.05) is 24.8 Å². The van der Waals surface area contributed by atoms with Crippen molar-refractivity contribution in [2.75, 3.05) is 18.0 Å². The lowest BCUT2D eigenvalue weighted by atomic mass is 9.82. The molecule has 1 aliphatic heterocycles. The highest BCUT2D eigenvalue weighted by Crippen LogP contribution is 2.41. The number of nitrogens with zero attached hydrogens (tertiary/aromatic N) is 1. The van der Waals surface area contributed by atoms with E-state index in [4.69, 9.17) is 0 Å². The summed E-state index contributed by atoms with van der Waals surface area (Å²) in [7, 11) is 0. The van der Waals surface area contributed by atoms with Crippen LogP contribution in [-0.4, -0.2) is 31.2 Å². The van der Waals surface area contributed by atoms with E-state index in [1.807, 2.05) is 12.1 Å². The van der Waals surface area contributed by atoms with E-state index in [0.29, 0.717) is 19.4 Å². The maximum atomic E-state index is 13.0. The van der Waals surface area contributed by atoms with Gasteiger partial charge in [-0.15, -0.1) is 0 Å². The number of carbonyl (C=O) groups is 1. The van der Waals surface area contributed by atoms with E-state index in [2.05, 4.69) is 28.9 Å². The first-order valence-corrected chi connectivity index (χ1v) is 9.20. The van der Waals surface area contributed by atoms with Gasteiger partial charge in [-0.25, -0.2) is 0 Å². The molecule has 0 saturated heterocycles. The average molecular weight is 366 g/mol. The largest absolute Gasteiger partial charge is 0.391 e. The highest BCUT2D eigenvalue weighted by Gasteiger charge is 2.43. The minimum atomic E-state index is -4.08. The van der Waals surface area contributed by atoms with Gasteiger partial charge in [0.2, 0.25) is 5.91 Å². The zero-order valence-electron chi connectivity index (χ0n) is 14.8. The molecule has 0 aromatic heterocycles. The van der Waals surface area contributed by atoms with Crippen LogP contribution >= 0.6 is 0 Å². The summed E-state index contributed by atoms with van der Waals surface area (Å²) >= 11 is 0. The molecule has 6 heteroatoms. The molecular formula is C20H25F3N2O. The summed E-state index contributed by atoms with van der Waals surface area (Å²) in [6.45, 7) is 4.77. The summed E-state index contributed by atoms with van der Waals surface area (Å²) in [4.78, 5) is 13.7. The number of nitrogens with one attached hydrogen (secondary N) is 1. The predicted octanol–water partition coefficient (Wildman–Crippen LogP) is 4.09. The topological polar surface area (TPSA) is 32.3 Å². The third-order valence-electron chi connectivity index (χ3n) is 5.62. The van der Waals surface area contributed by atoms with Crippen molar-refractivity contribution in [3.8, 4) is 0 Å². The van der Waals surface area contributed by atoms with Crippen molar-refractivity contribution < 1.29 is 18.0 Å². The van der Waals surface area contributed by atoms with Crippen LogP contribution in [-0.2, 0) is 11.2 Å². The van der Waals surface area contributed by atoms with Crippen LogP contribution in [0.15, 0.2) is 36.9 Å². The Morgan fingerprint density at radius 1 is 1.23 bits per heavy atom. The lowest BCUT2D eigenvalue weighted by Gasteiger charge is -2.44. The number of hydrogen-bond acceptors (Lipinski definition) is 2. The van der Waals surface area contributed by atoms with Crippen LogP contribution in [0.5, 0.6) is 0 Å². The molecule has 142 valence electrons. The number of rotatable bonds is 4. The van der Waals surface area contributed by atoms with Crippen molar-refractivity contribution in [3.05, 3.63) is 42.5 Å². The van der Waals surface area contributed by atoms with Gasteiger partial charge in [0, 0.05) is 24.8 Å². The van der Waals surface area contributed by atoms with Gasteiger partial charge in [-0.2, -0.15) is 13.2 Å². The highest BCUT2D eigenvalue weighted by atomic mass is 19.4. The van der Waals surface area contributed by atoms with Crippen LogP contribution in [0.4, 0.5) is 18.9 Å². The minimum Gasteiger partial charge on any atom is -0.368 e. The van der Waals surface area contributed by atoms with Crippen molar-refractivity contribution in [1.29, 1.82) is 0 Å². The Balaban J connectivity index is 1.71. The number of para-hydroxylation sites is 1. The minimum absolute atomic E-state index is 0.132. The number of amides is 1. The van der Waals surface area contributed by atoms with Gasteiger partial charge in [0.05, 0.1) is 5.92 Å². The second-order valence-electron chi connectivity index (χ2n) is 7.35. The van der Waals surface area contributed by atoms with Crippen molar-refractivity contribution >= 4 is 11.6 Å². The van der Waals surface area contributed by atoms with Gasteiger partial charge in [-0.3, -0.25) is 4.79 Å². The molecule has 0 bridgehead atoms. The third-order valence-corrected chi connectivity index (χ3v) is 5.62. The summed E-state index contributed by atoms with van der Waals surface area (Å²) in [5.74, 6) is -1.11. The normalized spacial score (nSPS) is 26.1. The summed E-state index contributed by atoms with van der Waals surface area (Å²) in [5, 5.41) is 2.85. The van der Waals surface area contributed by atoms with Crippen LogP contribution in [0.2, 0.25) is 0 Å². The zero-order chi connectivity index (χ0) is 18.7. The van der Waals surface area contributed by atoms with E-state index >= 15 is 0 Å². The molecule has 26 heavy (non-hydrogen) atoms. The average Bonchev–Trinajstić information content (AvgIpc) is 2.64. The SMILES string of the molecule is C=CC(=O)NCC1Cc2ccccc2N([C@H]2CC[C@@H](C(F)(F)F)CC2)C1. The Morgan fingerprint density at radius 3 is 2.58 bits per heavy atom. The van der Waals surface area contributed by atoms with Gasteiger partial charge in [0.1, 0.15) is 0 Å². The fourth-order valence-corrected chi connectivity index (χ4v) is 4.23. The van der Waals surface area contributed by atoms with E-state index in [1.54, 1.807) is 0 Å². The molecule has 1 aliphatic carbocycles. The molecule has 0 spiro atoms. The molecular weight excluding hydrogens is 341 g/mol. The van der Waals surface area contributed by atoms with Crippen LogP contribution in [0.1, 0.15) is 31.2 Å². The molecule has 1 saturated carbocycles. The second kappa shape index (κ2) is 7.72. The maximum absolute atomic E-state index is 13.0. The predicted molar refractivity (Wildman–Crippen MR) is 96.0 cm³/mol. The number of carbonyl (C=O) groups excluding carboxylic acids is 1. The molecule has 1 N–H and O–H groups in total. The molecule has 1 fully saturated rings. The van der Waals surface area contributed by atoms with E-state index in [9.17, 15) is 18.0 Å². The summed E-state index contributed by atoms with van der Waals surface area (Å²) < 4.78 is 38.9. The van der Waals surface area contributed by atoms with Crippen LogP contribution < -0.4 is 10.2 Å². The number of fused-ring (bicyclic) bond motifs is 1. The van der Waals surface area contributed by atoms with Crippen LogP contribution in [0.25, 0.3) is 0 Å². The number of benzene rings is 1. The lowest BCUT2D eigenvalue weighted by Crippen LogP contribution is -2.47. The molecule has 1 unspecified atom stereocenters. The highest BCUT2D eigenvalue weighted by molar-refractivity contribution is 5.86. The van der Waals surface area contributed by atoms with Crippen molar-refractivity contribution in [3.63, 3.8) is 0 Å². The van der Waals surface area contributed by atoms with Gasteiger partial charge in [0.25, 0.3) is 0 Å². The van der Waals surface area contributed by atoms with Crippen LogP contribution in [0.3, 0.4) is 0 Å². The molecule has 1 aromatic rings. The van der Waals surface area contributed by atoms with Gasteiger partial charge in [0.15, 0.2) is 0 Å².